The van der Waals surface area contributed by atoms with Crippen molar-refractivity contribution in [1.82, 2.24) is 0 Å². The van der Waals surface area contributed by atoms with Crippen molar-refractivity contribution in [2.75, 3.05) is 5.73 Å². The summed E-state index contributed by atoms with van der Waals surface area (Å²) >= 11 is 0. The van der Waals surface area contributed by atoms with Crippen LogP contribution in [-0.2, 0) is 6.42 Å². The number of rotatable bonds is 4. The highest BCUT2D eigenvalue weighted by molar-refractivity contribution is 5.85. The van der Waals surface area contributed by atoms with Crippen molar-refractivity contribution >= 4 is 11.9 Å². The van der Waals surface area contributed by atoms with Gasteiger partial charge in [-0.2, -0.15) is 0 Å². The Balaban J connectivity index is 1.88. The van der Waals surface area contributed by atoms with Gasteiger partial charge in [0.25, 0.3) is 0 Å². The molecule has 1 aromatic rings. The minimum absolute atomic E-state index is 0.709. The molecule has 0 bridgehead atoms. The molecular formula is C16H24N2. The van der Waals surface area contributed by atoms with Crippen molar-refractivity contribution in [3.8, 4) is 0 Å². The summed E-state index contributed by atoms with van der Waals surface area (Å²) in [7, 11) is 0. The average molecular weight is 244 g/mol. The van der Waals surface area contributed by atoms with Crippen molar-refractivity contribution in [2.45, 2.75) is 45.4 Å². The SMILES string of the molecule is CC1CCC(CCc2ccc(N)c(C=N)c2)CC1. The third-order valence-electron chi connectivity index (χ3n) is 4.28. The molecule has 18 heavy (non-hydrogen) atoms. The average Bonchev–Trinajstić information content (AvgIpc) is 2.39. The van der Waals surface area contributed by atoms with Gasteiger partial charge in [0, 0.05) is 17.5 Å². The number of nitrogen functional groups attached to an aromatic ring is 1. The maximum Gasteiger partial charge on any atom is 0.0403 e. The molecular weight excluding hydrogens is 220 g/mol. The van der Waals surface area contributed by atoms with Crippen LogP contribution < -0.4 is 5.73 Å². The van der Waals surface area contributed by atoms with E-state index >= 15 is 0 Å². The Bertz CT molecular complexity index is 404. The van der Waals surface area contributed by atoms with Gasteiger partial charge in [0.15, 0.2) is 0 Å². The monoisotopic (exact) mass is 244 g/mol. The molecule has 1 aliphatic rings. The van der Waals surface area contributed by atoms with E-state index in [0.29, 0.717) is 5.69 Å². The third kappa shape index (κ3) is 3.34. The van der Waals surface area contributed by atoms with Crippen LogP contribution in [0.3, 0.4) is 0 Å². The normalized spacial score (nSPS) is 23.8. The molecule has 0 aromatic heterocycles. The summed E-state index contributed by atoms with van der Waals surface area (Å²) in [6.07, 6.45) is 9.35. The summed E-state index contributed by atoms with van der Waals surface area (Å²) in [4.78, 5) is 0. The molecule has 0 aliphatic heterocycles. The van der Waals surface area contributed by atoms with Gasteiger partial charge >= 0.3 is 0 Å². The minimum Gasteiger partial charge on any atom is -0.398 e. The fraction of sp³-hybridized carbons (Fsp3) is 0.562. The molecule has 2 nitrogen and oxygen atoms in total. The summed E-state index contributed by atoms with van der Waals surface area (Å²) < 4.78 is 0. The number of nitrogens with two attached hydrogens (primary N) is 1. The van der Waals surface area contributed by atoms with Crippen molar-refractivity contribution in [3.63, 3.8) is 0 Å². The highest BCUT2D eigenvalue weighted by Gasteiger charge is 2.17. The van der Waals surface area contributed by atoms with E-state index in [2.05, 4.69) is 19.1 Å². The standard InChI is InChI=1S/C16H24N2/c1-12-2-4-13(5-3-12)6-7-14-8-9-16(18)15(10-14)11-17/h8-13,17H,2-7,18H2,1H3. The zero-order chi connectivity index (χ0) is 13.0. The zero-order valence-electron chi connectivity index (χ0n) is 11.3. The van der Waals surface area contributed by atoms with Crippen LogP contribution in [0.15, 0.2) is 18.2 Å². The van der Waals surface area contributed by atoms with E-state index < -0.39 is 0 Å². The first-order valence-corrected chi connectivity index (χ1v) is 7.08. The number of hydrogen-bond donors (Lipinski definition) is 2. The molecule has 1 aromatic carbocycles. The lowest BCUT2D eigenvalue weighted by atomic mass is 9.80. The van der Waals surface area contributed by atoms with Gasteiger partial charge in [-0.05, 0) is 42.4 Å². The van der Waals surface area contributed by atoms with Crippen LogP contribution in [0.1, 0.15) is 50.2 Å². The Morgan fingerprint density at radius 1 is 1.28 bits per heavy atom. The smallest absolute Gasteiger partial charge is 0.0403 e. The van der Waals surface area contributed by atoms with Crippen LogP contribution in [0.4, 0.5) is 5.69 Å². The molecule has 0 amide bonds. The Morgan fingerprint density at radius 3 is 2.67 bits per heavy atom. The second-order valence-corrected chi connectivity index (χ2v) is 5.77. The molecule has 0 unspecified atom stereocenters. The lowest BCUT2D eigenvalue weighted by Crippen LogP contribution is -2.13. The first-order valence-electron chi connectivity index (χ1n) is 7.08. The topological polar surface area (TPSA) is 49.9 Å². The Labute approximate surface area is 110 Å². The van der Waals surface area contributed by atoms with Gasteiger partial charge in [0.05, 0.1) is 0 Å². The molecule has 3 N–H and O–H groups in total. The van der Waals surface area contributed by atoms with Crippen LogP contribution in [0, 0.1) is 17.2 Å². The molecule has 1 fully saturated rings. The van der Waals surface area contributed by atoms with E-state index in [1.807, 2.05) is 6.07 Å². The minimum atomic E-state index is 0.709. The first-order chi connectivity index (χ1) is 8.69. The summed E-state index contributed by atoms with van der Waals surface area (Å²) in [5.74, 6) is 1.84. The maximum atomic E-state index is 7.33. The van der Waals surface area contributed by atoms with E-state index in [0.717, 1.165) is 23.8 Å². The molecule has 1 aliphatic carbocycles. The number of hydrogen-bond acceptors (Lipinski definition) is 2. The van der Waals surface area contributed by atoms with Crippen LogP contribution in [0.2, 0.25) is 0 Å². The number of aryl methyl sites for hydroxylation is 1. The van der Waals surface area contributed by atoms with Crippen LogP contribution in [-0.4, -0.2) is 6.21 Å². The fourth-order valence-electron chi connectivity index (χ4n) is 2.89. The number of benzene rings is 1. The summed E-state index contributed by atoms with van der Waals surface area (Å²) in [5.41, 5.74) is 8.68. The van der Waals surface area contributed by atoms with E-state index in [9.17, 15) is 0 Å². The lowest BCUT2D eigenvalue weighted by molar-refractivity contribution is 0.278. The highest BCUT2D eigenvalue weighted by atomic mass is 14.6. The summed E-state index contributed by atoms with van der Waals surface area (Å²) in [6.45, 7) is 2.37. The molecule has 0 radical (unpaired) electrons. The van der Waals surface area contributed by atoms with Crippen molar-refractivity contribution in [3.05, 3.63) is 29.3 Å². The molecule has 0 heterocycles. The summed E-state index contributed by atoms with van der Waals surface area (Å²) in [5, 5.41) is 7.33. The van der Waals surface area contributed by atoms with Gasteiger partial charge in [0.1, 0.15) is 0 Å². The first kappa shape index (κ1) is 13.1. The van der Waals surface area contributed by atoms with Crippen LogP contribution in [0.5, 0.6) is 0 Å². The molecule has 1 saturated carbocycles. The largest absolute Gasteiger partial charge is 0.398 e. The Hall–Kier alpha value is -1.31. The molecule has 2 rings (SSSR count). The summed E-state index contributed by atoms with van der Waals surface area (Å²) in [6, 6.07) is 6.10. The predicted octanol–water partition coefficient (Wildman–Crippen LogP) is 4.03. The van der Waals surface area contributed by atoms with Crippen LogP contribution in [0.25, 0.3) is 0 Å². The van der Waals surface area contributed by atoms with E-state index in [1.54, 1.807) is 0 Å². The van der Waals surface area contributed by atoms with Crippen molar-refractivity contribution < 1.29 is 0 Å². The van der Waals surface area contributed by atoms with Gasteiger partial charge in [-0.1, -0.05) is 38.7 Å². The number of anilines is 1. The second-order valence-electron chi connectivity index (χ2n) is 5.77. The van der Waals surface area contributed by atoms with Gasteiger partial charge in [-0.25, -0.2) is 0 Å². The highest BCUT2D eigenvalue weighted by Crippen LogP contribution is 2.31. The molecule has 0 spiro atoms. The Kier molecular flexibility index (Phi) is 4.40. The van der Waals surface area contributed by atoms with E-state index in [1.165, 1.54) is 43.9 Å². The van der Waals surface area contributed by atoms with Crippen LogP contribution >= 0.6 is 0 Å². The maximum absolute atomic E-state index is 7.33. The molecule has 0 saturated heterocycles. The lowest BCUT2D eigenvalue weighted by Gasteiger charge is -2.26. The predicted molar refractivity (Wildman–Crippen MR) is 78.2 cm³/mol. The van der Waals surface area contributed by atoms with Gasteiger partial charge in [0.2, 0.25) is 0 Å². The number of nitrogens with one attached hydrogen (secondary N) is 1. The van der Waals surface area contributed by atoms with E-state index in [4.69, 9.17) is 11.1 Å². The zero-order valence-corrected chi connectivity index (χ0v) is 11.3. The quantitative estimate of drug-likeness (QED) is 0.610. The molecule has 98 valence electrons. The van der Waals surface area contributed by atoms with E-state index in [-0.39, 0.29) is 0 Å². The van der Waals surface area contributed by atoms with Crippen molar-refractivity contribution in [2.24, 2.45) is 11.8 Å². The molecule has 0 atom stereocenters. The van der Waals surface area contributed by atoms with Crippen molar-refractivity contribution in [1.29, 1.82) is 5.41 Å². The Morgan fingerprint density at radius 2 is 2.00 bits per heavy atom. The van der Waals surface area contributed by atoms with Gasteiger partial charge < -0.3 is 11.1 Å². The second kappa shape index (κ2) is 6.03. The fourth-order valence-corrected chi connectivity index (χ4v) is 2.89. The molecule has 2 heteroatoms. The van der Waals surface area contributed by atoms with Gasteiger partial charge in [-0.15, -0.1) is 0 Å². The van der Waals surface area contributed by atoms with Gasteiger partial charge in [-0.3, -0.25) is 0 Å². The third-order valence-corrected chi connectivity index (χ3v) is 4.28.